The maximum atomic E-state index is 13.2. The minimum atomic E-state index is -3.48. The molecule has 8 nitrogen and oxygen atoms in total. The normalized spacial score (nSPS) is 15.4. The smallest absolute Gasteiger partial charge is 0.242 e. The number of aromatic nitrogens is 4. The van der Waals surface area contributed by atoms with Gasteiger partial charge in [-0.2, -0.15) is 0 Å². The molecule has 0 aliphatic carbocycles. The summed E-state index contributed by atoms with van der Waals surface area (Å²) in [4.78, 5) is 31.3. The topological polar surface area (TPSA) is 106 Å². The summed E-state index contributed by atoms with van der Waals surface area (Å²) in [5, 5.41) is -0.141. The van der Waals surface area contributed by atoms with Crippen molar-refractivity contribution in [1.82, 2.24) is 19.9 Å². The molecule has 3 heterocycles. The first-order valence-corrected chi connectivity index (χ1v) is 10.8. The monoisotopic (exact) mass is 409 g/mol. The molecule has 0 atom stereocenters. The average Bonchev–Trinajstić information content (AvgIpc) is 2.87. The summed E-state index contributed by atoms with van der Waals surface area (Å²) in [7, 11) is -3.48. The lowest BCUT2D eigenvalue weighted by atomic mass is 9.85. The maximum Gasteiger partial charge on any atom is 0.242 e. The molecule has 1 aromatic carbocycles. The summed E-state index contributed by atoms with van der Waals surface area (Å²) >= 11 is 0. The Hall–Kier alpha value is -3.20. The largest absolute Gasteiger partial charge is 0.273 e. The van der Waals surface area contributed by atoms with E-state index in [9.17, 15) is 13.2 Å². The highest BCUT2D eigenvalue weighted by molar-refractivity contribution is 7.90. The third-order valence-electron chi connectivity index (χ3n) is 4.99. The predicted octanol–water partition coefficient (Wildman–Crippen LogP) is 2.60. The van der Waals surface area contributed by atoms with Gasteiger partial charge < -0.3 is 0 Å². The number of nitrogens with zero attached hydrogens (tertiary/aromatic N) is 5. The van der Waals surface area contributed by atoms with Gasteiger partial charge in [0, 0.05) is 24.2 Å². The second-order valence-corrected chi connectivity index (χ2v) is 9.46. The number of hydrogen-bond acceptors (Lipinski definition) is 7. The fraction of sp³-hybridized carbons (Fsp3) is 0.250. The van der Waals surface area contributed by atoms with Gasteiger partial charge in [0.1, 0.15) is 5.82 Å². The minimum absolute atomic E-state index is 0.141. The molecule has 0 spiro atoms. The van der Waals surface area contributed by atoms with E-state index in [0.29, 0.717) is 11.5 Å². The molecular weight excluding hydrogens is 390 g/mol. The van der Waals surface area contributed by atoms with Gasteiger partial charge >= 0.3 is 0 Å². The van der Waals surface area contributed by atoms with Gasteiger partial charge in [-0.3, -0.25) is 9.69 Å². The lowest BCUT2D eigenvalue weighted by Crippen LogP contribution is -2.33. The van der Waals surface area contributed by atoms with E-state index in [-0.39, 0.29) is 16.8 Å². The average molecular weight is 409 g/mol. The van der Waals surface area contributed by atoms with Crippen LogP contribution >= 0.6 is 0 Å². The van der Waals surface area contributed by atoms with Crippen LogP contribution < -0.4 is 4.90 Å². The predicted molar refractivity (Wildman–Crippen MR) is 108 cm³/mol. The highest BCUT2D eigenvalue weighted by Crippen LogP contribution is 2.46. The van der Waals surface area contributed by atoms with E-state index in [1.54, 1.807) is 12.4 Å². The highest BCUT2D eigenvalue weighted by Gasteiger charge is 2.45. The molecule has 0 N–H and O–H groups in total. The number of carbonyl (C=O) groups excluding carboxylic acids is 1. The van der Waals surface area contributed by atoms with Crippen LogP contribution in [-0.4, -0.2) is 40.5 Å². The summed E-state index contributed by atoms with van der Waals surface area (Å²) in [6.07, 6.45) is 7.00. The zero-order valence-electron chi connectivity index (χ0n) is 16.4. The fourth-order valence-corrected chi connectivity index (χ4v) is 3.80. The van der Waals surface area contributed by atoms with Crippen LogP contribution in [0.5, 0.6) is 0 Å². The maximum absolute atomic E-state index is 13.2. The van der Waals surface area contributed by atoms with Crippen molar-refractivity contribution < 1.29 is 13.2 Å². The Morgan fingerprint density at radius 2 is 1.62 bits per heavy atom. The molecule has 0 bridgehead atoms. The van der Waals surface area contributed by atoms with Crippen molar-refractivity contribution in [2.24, 2.45) is 0 Å². The lowest BCUT2D eigenvalue weighted by molar-refractivity contribution is -0.121. The van der Waals surface area contributed by atoms with E-state index in [4.69, 9.17) is 0 Å². The van der Waals surface area contributed by atoms with Crippen molar-refractivity contribution >= 4 is 27.2 Å². The number of benzene rings is 1. The molecule has 9 heteroatoms. The van der Waals surface area contributed by atoms with Crippen LogP contribution in [0.15, 0.2) is 48.0 Å². The molecule has 2 aromatic heterocycles. The van der Waals surface area contributed by atoms with Gasteiger partial charge in [-0.1, -0.05) is 12.1 Å². The fourth-order valence-electron chi connectivity index (χ4n) is 3.31. The number of aryl methyl sites for hydroxylation is 1. The molecule has 0 saturated heterocycles. The Labute approximate surface area is 168 Å². The van der Waals surface area contributed by atoms with Crippen LogP contribution in [0.2, 0.25) is 0 Å². The molecule has 4 rings (SSSR count). The zero-order valence-corrected chi connectivity index (χ0v) is 17.2. The first-order chi connectivity index (χ1) is 13.6. The number of anilines is 2. The van der Waals surface area contributed by atoms with E-state index >= 15 is 0 Å². The summed E-state index contributed by atoms with van der Waals surface area (Å²) in [5.41, 5.74) is 2.47. The number of amides is 1. The van der Waals surface area contributed by atoms with Crippen molar-refractivity contribution in [2.45, 2.75) is 31.2 Å². The van der Waals surface area contributed by atoms with Gasteiger partial charge in [0.15, 0.2) is 20.7 Å². The molecule has 1 aliphatic rings. The van der Waals surface area contributed by atoms with Crippen LogP contribution in [0.3, 0.4) is 0 Å². The van der Waals surface area contributed by atoms with Crippen LogP contribution in [0.4, 0.5) is 11.5 Å². The molecule has 0 saturated carbocycles. The number of carbonyl (C=O) groups is 1. The first kappa shape index (κ1) is 19.1. The number of fused-ring (bicyclic) bond motifs is 1. The molecule has 0 radical (unpaired) electrons. The van der Waals surface area contributed by atoms with Gasteiger partial charge in [0.25, 0.3) is 0 Å². The molecule has 148 valence electrons. The van der Waals surface area contributed by atoms with Crippen molar-refractivity contribution in [1.29, 1.82) is 0 Å². The Balaban J connectivity index is 1.84. The second-order valence-electron chi connectivity index (χ2n) is 7.50. The number of rotatable bonds is 3. The van der Waals surface area contributed by atoms with Crippen LogP contribution in [0, 0.1) is 6.92 Å². The van der Waals surface area contributed by atoms with Crippen molar-refractivity contribution in [3.63, 3.8) is 0 Å². The van der Waals surface area contributed by atoms with Crippen molar-refractivity contribution in [3.8, 4) is 11.1 Å². The summed E-state index contributed by atoms with van der Waals surface area (Å²) < 4.78 is 23.3. The van der Waals surface area contributed by atoms with Crippen LogP contribution in [0.25, 0.3) is 11.1 Å². The summed E-state index contributed by atoms with van der Waals surface area (Å²) in [6, 6.07) is 5.74. The van der Waals surface area contributed by atoms with Gasteiger partial charge in [0.05, 0.1) is 23.5 Å². The van der Waals surface area contributed by atoms with E-state index in [1.807, 2.05) is 39.0 Å². The van der Waals surface area contributed by atoms with Gasteiger partial charge in [-0.05, 0) is 38.0 Å². The van der Waals surface area contributed by atoms with E-state index < -0.39 is 15.3 Å². The Morgan fingerprint density at radius 1 is 0.931 bits per heavy atom. The summed E-state index contributed by atoms with van der Waals surface area (Å²) in [6.45, 7) is 5.51. The number of hydrogen-bond donors (Lipinski definition) is 0. The molecule has 1 aliphatic heterocycles. The van der Waals surface area contributed by atoms with E-state index in [0.717, 1.165) is 22.9 Å². The van der Waals surface area contributed by atoms with Gasteiger partial charge in [-0.25, -0.2) is 28.4 Å². The Morgan fingerprint density at radius 3 is 2.21 bits per heavy atom. The van der Waals surface area contributed by atoms with Crippen molar-refractivity contribution in [3.05, 3.63) is 54.4 Å². The molecule has 1 amide bonds. The molecule has 3 aromatic rings. The molecule has 0 unspecified atom stereocenters. The number of sulfone groups is 1. The SMILES string of the molecule is Cc1ncc(-c2ccc3c(c2)N(c2cnc(S(C)(=O)=O)cn2)C(=O)C3(C)C)cn1. The third kappa shape index (κ3) is 3.17. The highest BCUT2D eigenvalue weighted by atomic mass is 32.2. The summed E-state index contributed by atoms with van der Waals surface area (Å²) in [5.74, 6) is 0.784. The molecule has 29 heavy (non-hydrogen) atoms. The van der Waals surface area contributed by atoms with Crippen LogP contribution in [-0.2, 0) is 20.0 Å². The van der Waals surface area contributed by atoms with E-state index in [1.165, 1.54) is 17.3 Å². The quantitative estimate of drug-likeness (QED) is 0.654. The van der Waals surface area contributed by atoms with Gasteiger partial charge in [0.2, 0.25) is 5.91 Å². The minimum Gasteiger partial charge on any atom is -0.273 e. The van der Waals surface area contributed by atoms with Gasteiger partial charge in [-0.15, -0.1) is 0 Å². The first-order valence-electron chi connectivity index (χ1n) is 8.89. The third-order valence-corrected chi connectivity index (χ3v) is 5.96. The Bertz CT molecular complexity index is 1220. The van der Waals surface area contributed by atoms with E-state index in [2.05, 4.69) is 19.9 Å². The molecule has 0 fully saturated rings. The second kappa shape index (κ2) is 6.41. The lowest BCUT2D eigenvalue weighted by Gasteiger charge is -2.19. The Kier molecular flexibility index (Phi) is 4.23. The van der Waals surface area contributed by atoms with Crippen molar-refractivity contribution in [2.75, 3.05) is 11.2 Å². The van der Waals surface area contributed by atoms with Crippen LogP contribution in [0.1, 0.15) is 25.2 Å². The zero-order chi connectivity index (χ0) is 21.0. The standard InChI is InChI=1S/C20H19N5O3S/c1-12-21-8-14(9-22-12)13-5-6-15-16(7-13)25(19(26)20(15,2)3)17-10-24-18(11-23-17)29(4,27)28/h5-11H,1-4H3. The molecular formula is C20H19N5O3S.